The third-order valence-corrected chi connectivity index (χ3v) is 2.95. The van der Waals surface area contributed by atoms with Gasteiger partial charge in [-0.05, 0) is 18.2 Å². The van der Waals surface area contributed by atoms with Crippen molar-refractivity contribution in [3.63, 3.8) is 0 Å². The zero-order valence-electron chi connectivity index (χ0n) is 12.2. The van der Waals surface area contributed by atoms with Gasteiger partial charge in [0.25, 0.3) is 0 Å². The van der Waals surface area contributed by atoms with Gasteiger partial charge < -0.3 is 14.3 Å². The van der Waals surface area contributed by atoms with Gasteiger partial charge in [-0.25, -0.2) is 4.79 Å². The van der Waals surface area contributed by atoms with Gasteiger partial charge in [0.1, 0.15) is 11.5 Å². The number of carbonyl (C=O) groups is 3. The summed E-state index contributed by atoms with van der Waals surface area (Å²) in [7, 11) is 2.74. The molecule has 0 heterocycles. The Labute approximate surface area is 126 Å². The summed E-state index contributed by atoms with van der Waals surface area (Å²) in [5.41, 5.74) is 0.575. The fourth-order valence-corrected chi connectivity index (χ4v) is 2.09. The van der Waals surface area contributed by atoms with Crippen molar-refractivity contribution in [3.8, 4) is 11.5 Å². The highest BCUT2D eigenvalue weighted by Gasteiger charge is 2.29. The number of hydrogen-bond acceptors (Lipinski definition) is 7. The van der Waals surface area contributed by atoms with Gasteiger partial charge in [-0.1, -0.05) is 5.16 Å². The molecule has 114 valence electrons. The number of rotatable bonds is 4. The number of carbonyl (C=O) groups excluding carboxylic acids is 3. The number of ether oxygens (including phenoxy) is 2. The number of nitrogens with zero attached hydrogens (tertiary/aromatic N) is 1. The maximum Gasteiger partial charge on any atom is 0.331 e. The Morgan fingerprint density at radius 2 is 1.73 bits per heavy atom. The molecule has 2 rings (SSSR count). The fourth-order valence-electron chi connectivity index (χ4n) is 2.09. The van der Waals surface area contributed by atoms with Crippen molar-refractivity contribution in [2.75, 3.05) is 14.2 Å². The first-order valence-electron chi connectivity index (χ1n) is 6.26. The molecule has 1 aliphatic rings. The average molecular weight is 303 g/mol. The number of ketones is 2. The third-order valence-electron chi connectivity index (χ3n) is 2.95. The Bertz CT molecular complexity index is 717. The van der Waals surface area contributed by atoms with Crippen molar-refractivity contribution in [2.24, 2.45) is 5.16 Å². The normalized spacial score (nSPS) is 13.2. The van der Waals surface area contributed by atoms with E-state index in [1.807, 2.05) is 0 Å². The molecule has 1 aromatic rings. The molecule has 22 heavy (non-hydrogen) atoms. The number of allylic oxidation sites excluding steroid dienone is 2. The topological polar surface area (TPSA) is 91.3 Å². The summed E-state index contributed by atoms with van der Waals surface area (Å²) >= 11 is 0. The van der Waals surface area contributed by atoms with Crippen LogP contribution in [0.4, 0.5) is 0 Å². The first-order valence-corrected chi connectivity index (χ1v) is 6.26. The number of hydrogen-bond donors (Lipinski definition) is 0. The van der Waals surface area contributed by atoms with Gasteiger partial charge in [-0.2, -0.15) is 0 Å². The molecule has 0 aliphatic heterocycles. The average Bonchev–Trinajstić information content (AvgIpc) is 2.49. The molecule has 0 atom stereocenters. The first-order chi connectivity index (χ1) is 10.5. The molecule has 0 saturated heterocycles. The van der Waals surface area contributed by atoms with Crippen LogP contribution in [0.2, 0.25) is 0 Å². The van der Waals surface area contributed by atoms with E-state index in [-0.39, 0.29) is 34.2 Å². The van der Waals surface area contributed by atoms with Crippen molar-refractivity contribution in [3.05, 3.63) is 34.9 Å². The Kier molecular flexibility index (Phi) is 4.36. The van der Waals surface area contributed by atoms with Gasteiger partial charge >= 0.3 is 5.97 Å². The van der Waals surface area contributed by atoms with Crippen LogP contribution in [0.1, 0.15) is 33.2 Å². The van der Waals surface area contributed by atoms with Gasteiger partial charge in [-0.3, -0.25) is 9.59 Å². The number of fused-ring (bicyclic) bond motifs is 1. The van der Waals surface area contributed by atoms with Crippen molar-refractivity contribution < 1.29 is 28.7 Å². The minimum Gasteiger partial charge on any atom is -0.496 e. The van der Waals surface area contributed by atoms with Gasteiger partial charge in [0, 0.05) is 12.5 Å². The summed E-state index contributed by atoms with van der Waals surface area (Å²) in [6, 6.07) is 1.48. The second kappa shape index (κ2) is 6.21. The van der Waals surface area contributed by atoms with Crippen LogP contribution in [0.15, 0.2) is 23.4 Å². The van der Waals surface area contributed by atoms with Gasteiger partial charge in [0.15, 0.2) is 11.6 Å². The van der Waals surface area contributed by atoms with E-state index in [0.29, 0.717) is 5.56 Å². The standard InChI is InChI=1S/C15H13NO6/c1-8(17)22-16-7-9-6-12(20-2)13-10(18)4-5-11(19)14(13)15(9)21-3/h4-7H,1-3H3. The van der Waals surface area contributed by atoms with Crippen LogP contribution in [0.5, 0.6) is 11.5 Å². The molecule has 0 N–H and O–H groups in total. The van der Waals surface area contributed by atoms with Gasteiger partial charge in [0.05, 0.1) is 31.6 Å². The molecule has 0 bridgehead atoms. The first kappa shape index (κ1) is 15.4. The summed E-state index contributed by atoms with van der Waals surface area (Å²) in [4.78, 5) is 39.3. The molecule has 0 aromatic heterocycles. The molecular formula is C15H13NO6. The lowest BCUT2D eigenvalue weighted by Gasteiger charge is -2.18. The molecule has 0 saturated carbocycles. The number of benzene rings is 1. The molecule has 7 nitrogen and oxygen atoms in total. The highest BCUT2D eigenvalue weighted by molar-refractivity contribution is 6.25. The Morgan fingerprint density at radius 1 is 1.09 bits per heavy atom. The zero-order chi connectivity index (χ0) is 16.3. The van der Waals surface area contributed by atoms with Crippen molar-refractivity contribution in [2.45, 2.75) is 6.92 Å². The minimum absolute atomic E-state index is 0.0959. The van der Waals surface area contributed by atoms with E-state index < -0.39 is 5.97 Å². The van der Waals surface area contributed by atoms with E-state index in [1.54, 1.807) is 0 Å². The summed E-state index contributed by atoms with van der Waals surface area (Å²) in [6.45, 7) is 1.20. The van der Waals surface area contributed by atoms with Crippen molar-refractivity contribution in [1.29, 1.82) is 0 Å². The molecule has 0 fully saturated rings. The van der Waals surface area contributed by atoms with E-state index >= 15 is 0 Å². The number of methoxy groups -OCH3 is 2. The van der Waals surface area contributed by atoms with Gasteiger partial charge in [0.2, 0.25) is 0 Å². The van der Waals surface area contributed by atoms with E-state index in [2.05, 4.69) is 9.99 Å². The molecule has 7 heteroatoms. The molecule has 0 amide bonds. The van der Waals surface area contributed by atoms with Crippen LogP contribution in [0, 0.1) is 0 Å². The van der Waals surface area contributed by atoms with E-state index in [0.717, 1.165) is 0 Å². The molecule has 0 radical (unpaired) electrons. The van der Waals surface area contributed by atoms with Gasteiger partial charge in [-0.15, -0.1) is 0 Å². The highest BCUT2D eigenvalue weighted by atomic mass is 16.7. The molecule has 0 spiro atoms. The monoisotopic (exact) mass is 303 g/mol. The molecular weight excluding hydrogens is 290 g/mol. The quantitative estimate of drug-likeness (QED) is 0.476. The third kappa shape index (κ3) is 2.73. The second-order valence-electron chi connectivity index (χ2n) is 4.33. The van der Waals surface area contributed by atoms with E-state index in [9.17, 15) is 14.4 Å². The lowest BCUT2D eigenvalue weighted by molar-refractivity contribution is -0.140. The molecule has 1 aliphatic carbocycles. The van der Waals surface area contributed by atoms with Crippen molar-refractivity contribution in [1.82, 2.24) is 0 Å². The largest absolute Gasteiger partial charge is 0.496 e. The van der Waals surface area contributed by atoms with Crippen molar-refractivity contribution >= 4 is 23.8 Å². The SMILES string of the molecule is COc1cc(C=NOC(C)=O)c(OC)c2c1C(=O)C=CC2=O. The van der Waals surface area contributed by atoms with Crippen LogP contribution in [0.25, 0.3) is 0 Å². The zero-order valence-corrected chi connectivity index (χ0v) is 12.2. The molecule has 1 aromatic carbocycles. The summed E-state index contributed by atoms with van der Waals surface area (Å²) < 4.78 is 10.4. The number of oxime groups is 1. The summed E-state index contributed by atoms with van der Waals surface area (Å²) in [5.74, 6) is -0.952. The maximum atomic E-state index is 12.1. The predicted molar refractivity (Wildman–Crippen MR) is 76.7 cm³/mol. The molecule has 0 unspecified atom stereocenters. The van der Waals surface area contributed by atoms with E-state index in [4.69, 9.17) is 9.47 Å². The van der Waals surface area contributed by atoms with E-state index in [1.165, 1.54) is 45.6 Å². The highest BCUT2D eigenvalue weighted by Crippen LogP contribution is 2.36. The second-order valence-corrected chi connectivity index (χ2v) is 4.33. The Hall–Kier alpha value is -2.96. The summed E-state index contributed by atoms with van der Waals surface area (Å²) in [6.07, 6.45) is 3.55. The predicted octanol–water partition coefficient (Wildman–Crippen LogP) is 1.54. The minimum atomic E-state index is -0.589. The smallest absolute Gasteiger partial charge is 0.331 e. The lowest BCUT2D eigenvalue weighted by atomic mass is 9.91. The summed E-state index contributed by atoms with van der Waals surface area (Å²) in [5, 5.41) is 3.49. The van der Waals surface area contributed by atoms with Crippen LogP contribution in [-0.4, -0.2) is 38.0 Å². The maximum absolute atomic E-state index is 12.1. The fraction of sp³-hybridized carbons (Fsp3) is 0.200. The lowest BCUT2D eigenvalue weighted by Crippen LogP contribution is -2.16. The van der Waals surface area contributed by atoms with Crippen LogP contribution in [0.3, 0.4) is 0 Å². The van der Waals surface area contributed by atoms with Crippen LogP contribution in [-0.2, 0) is 9.63 Å². The Morgan fingerprint density at radius 3 is 2.27 bits per heavy atom. The van der Waals surface area contributed by atoms with Crippen LogP contribution >= 0.6 is 0 Å². The van der Waals surface area contributed by atoms with Crippen LogP contribution < -0.4 is 9.47 Å². The Balaban J connectivity index is 2.65.